The Bertz CT molecular complexity index is 287. The van der Waals surface area contributed by atoms with E-state index in [1.165, 1.54) is 11.6 Å². The lowest BCUT2D eigenvalue weighted by Gasteiger charge is -2.03. The second kappa shape index (κ2) is 4.37. The number of hydrogen-bond acceptors (Lipinski definition) is 1. The molecular formula is C11H16OSi. The average Bonchev–Trinajstić information content (AvgIpc) is 2.04. The molecule has 0 spiro atoms. The van der Waals surface area contributed by atoms with Gasteiger partial charge in [-0.1, -0.05) is 42.9 Å². The first-order valence-electron chi connectivity index (χ1n) is 4.69. The third kappa shape index (κ3) is 3.15. The van der Waals surface area contributed by atoms with Crippen LogP contribution in [0.2, 0.25) is 13.1 Å². The monoisotopic (exact) mass is 192 g/mol. The highest BCUT2D eigenvalue weighted by atomic mass is 28.3. The predicted molar refractivity (Wildman–Crippen MR) is 59.0 cm³/mol. The SMILES string of the molecule is CC(=O)c1ccc(C[SiH](C)C)cc1. The summed E-state index contributed by atoms with van der Waals surface area (Å²) in [5, 5.41) is 0. The number of carbonyl (C=O) groups excluding carboxylic acids is 1. The van der Waals surface area contributed by atoms with E-state index in [2.05, 4.69) is 25.2 Å². The Kier molecular flexibility index (Phi) is 3.43. The number of ketones is 1. The summed E-state index contributed by atoms with van der Waals surface area (Å²) in [6, 6.07) is 9.22. The van der Waals surface area contributed by atoms with Gasteiger partial charge in [0.2, 0.25) is 0 Å². The van der Waals surface area contributed by atoms with Crippen LogP contribution in [0, 0.1) is 0 Å². The van der Waals surface area contributed by atoms with Gasteiger partial charge in [0.25, 0.3) is 0 Å². The molecule has 0 heterocycles. The summed E-state index contributed by atoms with van der Waals surface area (Å²) >= 11 is 0. The first-order chi connectivity index (χ1) is 6.09. The zero-order valence-electron chi connectivity index (χ0n) is 8.50. The van der Waals surface area contributed by atoms with Crippen molar-refractivity contribution in [3.63, 3.8) is 0 Å². The van der Waals surface area contributed by atoms with Crippen molar-refractivity contribution >= 4 is 14.6 Å². The minimum Gasteiger partial charge on any atom is -0.295 e. The van der Waals surface area contributed by atoms with Crippen molar-refractivity contribution in [2.24, 2.45) is 0 Å². The van der Waals surface area contributed by atoms with Crippen molar-refractivity contribution in [1.82, 2.24) is 0 Å². The van der Waals surface area contributed by atoms with Crippen LogP contribution in [0.1, 0.15) is 22.8 Å². The van der Waals surface area contributed by atoms with Crippen molar-refractivity contribution in [2.45, 2.75) is 26.1 Å². The van der Waals surface area contributed by atoms with E-state index in [0.29, 0.717) is 0 Å². The van der Waals surface area contributed by atoms with Gasteiger partial charge in [-0.2, -0.15) is 0 Å². The maximum atomic E-state index is 11.0. The average molecular weight is 192 g/mol. The van der Waals surface area contributed by atoms with Crippen molar-refractivity contribution in [2.75, 3.05) is 0 Å². The van der Waals surface area contributed by atoms with E-state index < -0.39 is 8.80 Å². The van der Waals surface area contributed by atoms with Gasteiger partial charge in [0.1, 0.15) is 0 Å². The number of Topliss-reactive ketones (excluding diaryl/α,β-unsaturated/α-hetero) is 1. The number of hydrogen-bond donors (Lipinski definition) is 0. The summed E-state index contributed by atoms with van der Waals surface area (Å²) in [5.74, 6) is 0.147. The number of carbonyl (C=O) groups is 1. The predicted octanol–water partition coefficient (Wildman–Crippen LogP) is 2.46. The molecule has 1 aromatic rings. The van der Waals surface area contributed by atoms with Gasteiger partial charge in [-0.25, -0.2) is 0 Å². The fourth-order valence-corrected chi connectivity index (χ4v) is 2.56. The fourth-order valence-electron chi connectivity index (χ4n) is 1.35. The maximum absolute atomic E-state index is 11.0. The quantitative estimate of drug-likeness (QED) is 0.531. The van der Waals surface area contributed by atoms with Gasteiger partial charge < -0.3 is 0 Å². The van der Waals surface area contributed by atoms with Crippen molar-refractivity contribution in [3.8, 4) is 0 Å². The Balaban J connectivity index is 2.75. The van der Waals surface area contributed by atoms with Crippen molar-refractivity contribution in [3.05, 3.63) is 35.4 Å². The molecule has 1 rings (SSSR count). The molecule has 0 bridgehead atoms. The van der Waals surface area contributed by atoms with Gasteiger partial charge >= 0.3 is 0 Å². The van der Waals surface area contributed by atoms with Crippen LogP contribution in [0.15, 0.2) is 24.3 Å². The standard InChI is InChI=1S/C11H16OSi/c1-9(12)11-6-4-10(5-7-11)8-13(2)3/h4-7,13H,8H2,1-3H3. The molecule has 0 aliphatic rings. The highest BCUT2D eigenvalue weighted by Crippen LogP contribution is 2.06. The van der Waals surface area contributed by atoms with Crippen molar-refractivity contribution < 1.29 is 4.79 Å². The van der Waals surface area contributed by atoms with E-state index in [1.54, 1.807) is 6.92 Å². The second-order valence-corrected chi connectivity index (χ2v) is 7.05. The lowest BCUT2D eigenvalue weighted by molar-refractivity contribution is 0.101. The van der Waals surface area contributed by atoms with Crippen LogP contribution in [0.3, 0.4) is 0 Å². The van der Waals surface area contributed by atoms with E-state index in [9.17, 15) is 4.79 Å². The molecule has 0 saturated heterocycles. The molecule has 0 aromatic heterocycles. The molecule has 0 amide bonds. The Labute approximate surface area is 81.4 Å². The Morgan fingerprint density at radius 3 is 2.15 bits per heavy atom. The van der Waals surface area contributed by atoms with Gasteiger partial charge in [-0.3, -0.25) is 4.79 Å². The van der Waals surface area contributed by atoms with Crippen LogP contribution in [0.4, 0.5) is 0 Å². The van der Waals surface area contributed by atoms with Gasteiger partial charge in [-0.05, 0) is 13.0 Å². The molecule has 0 aliphatic carbocycles. The number of benzene rings is 1. The summed E-state index contributed by atoms with van der Waals surface area (Å²) in [4.78, 5) is 11.0. The largest absolute Gasteiger partial charge is 0.295 e. The summed E-state index contributed by atoms with van der Waals surface area (Å²) in [6.45, 7) is 6.27. The van der Waals surface area contributed by atoms with Gasteiger partial charge in [0, 0.05) is 14.4 Å². The molecule has 0 fully saturated rings. The molecule has 70 valence electrons. The van der Waals surface area contributed by atoms with Gasteiger partial charge in [0.15, 0.2) is 5.78 Å². The van der Waals surface area contributed by atoms with Gasteiger partial charge in [-0.15, -0.1) is 0 Å². The summed E-state index contributed by atoms with van der Waals surface area (Å²) in [6.07, 6.45) is 0. The van der Waals surface area contributed by atoms with Crippen LogP contribution >= 0.6 is 0 Å². The Hall–Kier alpha value is -0.893. The van der Waals surface area contributed by atoms with Crippen LogP contribution in [-0.2, 0) is 6.04 Å². The minimum atomic E-state index is -0.522. The first-order valence-corrected chi connectivity index (χ1v) is 7.82. The molecule has 13 heavy (non-hydrogen) atoms. The molecule has 0 radical (unpaired) electrons. The highest BCUT2D eigenvalue weighted by Gasteiger charge is 2.01. The third-order valence-corrected chi connectivity index (χ3v) is 3.29. The van der Waals surface area contributed by atoms with Crippen LogP contribution in [0.25, 0.3) is 0 Å². The van der Waals surface area contributed by atoms with E-state index >= 15 is 0 Å². The van der Waals surface area contributed by atoms with E-state index in [4.69, 9.17) is 0 Å². The molecule has 0 N–H and O–H groups in total. The minimum absolute atomic E-state index is 0.147. The molecule has 0 unspecified atom stereocenters. The van der Waals surface area contributed by atoms with Gasteiger partial charge in [0.05, 0.1) is 0 Å². The lowest BCUT2D eigenvalue weighted by Crippen LogP contribution is -2.05. The Morgan fingerprint density at radius 2 is 1.77 bits per heavy atom. The summed E-state index contributed by atoms with van der Waals surface area (Å²) in [7, 11) is -0.522. The smallest absolute Gasteiger partial charge is 0.159 e. The maximum Gasteiger partial charge on any atom is 0.159 e. The first kappa shape index (κ1) is 10.2. The zero-order chi connectivity index (χ0) is 9.84. The highest BCUT2D eigenvalue weighted by molar-refractivity contribution is 6.55. The molecule has 1 aromatic carbocycles. The normalized spacial score (nSPS) is 10.5. The van der Waals surface area contributed by atoms with Crippen LogP contribution in [-0.4, -0.2) is 14.6 Å². The molecular weight excluding hydrogens is 176 g/mol. The summed E-state index contributed by atoms with van der Waals surface area (Å²) < 4.78 is 0. The third-order valence-electron chi connectivity index (χ3n) is 2.00. The zero-order valence-corrected chi connectivity index (χ0v) is 9.66. The van der Waals surface area contributed by atoms with Crippen LogP contribution < -0.4 is 0 Å². The lowest BCUT2D eigenvalue weighted by atomic mass is 10.1. The molecule has 0 atom stereocenters. The van der Waals surface area contributed by atoms with Crippen LogP contribution in [0.5, 0.6) is 0 Å². The molecule has 0 saturated carbocycles. The van der Waals surface area contributed by atoms with Crippen molar-refractivity contribution in [1.29, 1.82) is 0 Å². The second-order valence-electron chi connectivity index (χ2n) is 3.85. The van der Waals surface area contributed by atoms with E-state index in [1.807, 2.05) is 12.1 Å². The Morgan fingerprint density at radius 1 is 1.23 bits per heavy atom. The summed E-state index contributed by atoms with van der Waals surface area (Å²) in [5.41, 5.74) is 2.18. The number of rotatable bonds is 3. The topological polar surface area (TPSA) is 17.1 Å². The molecule has 1 nitrogen and oxygen atoms in total. The van der Waals surface area contributed by atoms with E-state index in [0.717, 1.165) is 5.56 Å². The molecule has 0 aliphatic heterocycles. The van der Waals surface area contributed by atoms with E-state index in [-0.39, 0.29) is 5.78 Å². The molecule has 2 heteroatoms. The fraction of sp³-hybridized carbons (Fsp3) is 0.364.